The molecule has 2 saturated heterocycles. The number of carbonyl (C=O) groups is 4. The fourth-order valence-electron chi connectivity index (χ4n) is 8.78. The molecule has 3 unspecified atom stereocenters. The number of urea groups is 1. The van der Waals surface area contributed by atoms with Crippen molar-refractivity contribution < 1.29 is 29.4 Å². The molecule has 1 aromatic heterocycles. The first-order chi connectivity index (χ1) is 25.9. The molecule has 3 aliphatic carbocycles. The van der Waals surface area contributed by atoms with Crippen LogP contribution in [0.5, 0.6) is 0 Å². The summed E-state index contributed by atoms with van der Waals surface area (Å²) >= 11 is 0. The number of rotatable bonds is 9. The van der Waals surface area contributed by atoms with Gasteiger partial charge < -0.3 is 20.4 Å². The molecule has 2 aliphatic heterocycles. The zero-order valence-corrected chi connectivity index (χ0v) is 31.1. The Kier molecular flexibility index (Phi) is 11.0. The van der Waals surface area contributed by atoms with Gasteiger partial charge in [0, 0.05) is 75.1 Å². The van der Waals surface area contributed by atoms with Crippen molar-refractivity contribution in [1.82, 2.24) is 35.2 Å². The maximum absolute atomic E-state index is 13.5. The zero-order valence-electron chi connectivity index (χ0n) is 31.1. The van der Waals surface area contributed by atoms with Gasteiger partial charge in [0.1, 0.15) is 5.82 Å². The number of H-pyrrole nitrogens is 1. The van der Waals surface area contributed by atoms with Gasteiger partial charge in [-0.25, -0.2) is 19.3 Å². The second-order valence-electron chi connectivity index (χ2n) is 15.8. The van der Waals surface area contributed by atoms with Crippen LogP contribution in [0.3, 0.4) is 0 Å². The molecule has 0 radical (unpaired) electrons. The van der Waals surface area contributed by atoms with Crippen molar-refractivity contribution >= 4 is 23.6 Å². The molecule has 14 heteroatoms. The Balaban J connectivity index is 0.918. The van der Waals surface area contributed by atoms with Crippen molar-refractivity contribution in [3.8, 4) is 5.69 Å². The number of imide groups is 1. The second-order valence-corrected chi connectivity index (χ2v) is 15.8. The van der Waals surface area contributed by atoms with Crippen LogP contribution in [0, 0.1) is 17.8 Å². The van der Waals surface area contributed by atoms with E-state index in [-0.39, 0.29) is 59.3 Å². The highest BCUT2D eigenvalue weighted by Crippen LogP contribution is 2.40. The molecule has 3 heterocycles. The molecule has 2 fully saturated rings. The van der Waals surface area contributed by atoms with Crippen LogP contribution in [0.2, 0.25) is 0 Å². The number of nitrogens with zero attached hydrogens (tertiary/aromatic N) is 4. The highest BCUT2D eigenvalue weighted by Gasteiger charge is 2.36. The number of aromatic nitrogens is 3. The molecule has 1 aromatic carbocycles. The molecule has 0 saturated carbocycles. The number of piperidine rings is 1. The molecule has 7 rings (SSSR count). The number of piperazine rings is 1. The van der Waals surface area contributed by atoms with Crippen molar-refractivity contribution in [2.45, 2.75) is 96.6 Å². The minimum atomic E-state index is -0.859. The predicted octanol–water partition coefficient (Wildman–Crippen LogP) is 3.88. The number of hydrogen-bond donors (Lipinski definition) is 5. The molecule has 2 aromatic rings. The standard InChI is InChI=1S/C40H51N7O7/c1-23(2)29-20-31(35(50)21-34(29)49)37-43-44-40(54)47(37)27-11-7-24(8-12-27)22-45-14-16-46(17-15-45)39(53)41-32-5-3-4-28-30(32)18-25(19-33(28)48)6-9-26-10-13-36(51)42-38(26)52/h5,7-8,11-12,23,25-26,31,35,49-50H,3-4,6,9-10,13-22H2,1-2H3,(H,41,53)(H,44,54)(H,42,51,52)/t25-,26?,31?,35?/m1/s1. The lowest BCUT2D eigenvalue weighted by Crippen LogP contribution is -2.51. The average Bonchev–Trinajstić information content (AvgIpc) is 3.52. The minimum Gasteiger partial charge on any atom is -0.512 e. The molecule has 4 amide bonds. The van der Waals surface area contributed by atoms with E-state index in [9.17, 15) is 34.2 Å². The third kappa shape index (κ3) is 8.00. The molecule has 288 valence electrons. The lowest BCUT2D eigenvalue weighted by atomic mass is 9.75. The summed E-state index contributed by atoms with van der Waals surface area (Å²) in [5, 5.41) is 33.6. The van der Waals surface area contributed by atoms with Gasteiger partial charge in [0.15, 0.2) is 5.78 Å². The number of carbonyl (C=O) groups excluding carboxylic acids is 4. The molecule has 0 spiro atoms. The van der Waals surface area contributed by atoms with Crippen LogP contribution in [0.15, 0.2) is 63.3 Å². The number of aromatic amines is 1. The quantitative estimate of drug-likeness (QED) is 0.238. The molecule has 5 N–H and O–H groups in total. The molecule has 0 bridgehead atoms. The summed E-state index contributed by atoms with van der Waals surface area (Å²) in [6, 6.07) is 7.53. The first kappa shape index (κ1) is 37.5. The zero-order chi connectivity index (χ0) is 38.1. The Morgan fingerprint density at radius 2 is 1.72 bits per heavy atom. The molecule has 14 nitrogen and oxygen atoms in total. The number of amides is 4. The number of nitrogens with one attached hydrogen (secondary N) is 3. The smallest absolute Gasteiger partial charge is 0.347 e. The van der Waals surface area contributed by atoms with E-state index in [0.29, 0.717) is 95.6 Å². The number of allylic oxidation sites excluding steroid dienone is 4. The van der Waals surface area contributed by atoms with Crippen molar-refractivity contribution in [2.24, 2.45) is 17.8 Å². The van der Waals surface area contributed by atoms with E-state index in [4.69, 9.17) is 0 Å². The maximum atomic E-state index is 13.5. The second kappa shape index (κ2) is 15.9. The Bertz CT molecular complexity index is 1950. The summed E-state index contributed by atoms with van der Waals surface area (Å²) in [5.41, 5.74) is 4.66. The topological polar surface area (TPSA) is 190 Å². The molecular weight excluding hydrogens is 690 g/mol. The Morgan fingerprint density at radius 1 is 0.963 bits per heavy atom. The normalized spacial score (nSPS) is 25.5. The van der Waals surface area contributed by atoms with E-state index in [2.05, 4.69) is 25.7 Å². The monoisotopic (exact) mass is 741 g/mol. The number of ketones is 1. The first-order valence-electron chi connectivity index (χ1n) is 19.4. The van der Waals surface area contributed by atoms with Gasteiger partial charge in [-0.1, -0.05) is 32.1 Å². The van der Waals surface area contributed by atoms with Crippen LogP contribution in [-0.2, 0) is 20.9 Å². The van der Waals surface area contributed by atoms with Crippen LogP contribution < -0.4 is 16.3 Å². The summed E-state index contributed by atoms with van der Waals surface area (Å²) in [6.45, 7) is 7.15. The number of hydrogen-bond acceptors (Lipinski definition) is 9. The van der Waals surface area contributed by atoms with Crippen LogP contribution in [0.4, 0.5) is 4.79 Å². The van der Waals surface area contributed by atoms with Crippen molar-refractivity contribution in [1.29, 1.82) is 0 Å². The molecule has 54 heavy (non-hydrogen) atoms. The van der Waals surface area contributed by atoms with E-state index >= 15 is 0 Å². The van der Waals surface area contributed by atoms with Gasteiger partial charge in [0.05, 0.1) is 17.6 Å². The maximum Gasteiger partial charge on any atom is 0.347 e. The fourth-order valence-corrected chi connectivity index (χ4v) is 8.78. The lowest BCUT2D eigenvalue weighted by Gasteiger charge is -2.36. The van der Waals surface area contributed by atoms with Gasteiger partial charge in [0.2, 0.25) is 11.8 Å². The number of aliphatic hydroxyl groups is 2. The van der Waals surface area contributed by atoms with Crippen molar-refractivity contribution in [2.75, 3.05) is 26.2 Å². The van der Waals surface area contributed by atoms with Gasteiger partial charge >= 0.3 is 11.7 Å². The number of aliphatic hydroxyl groups excluding tert-OH is 2. The Morgan fingerprint density at radius 3 is 2.44 bits per heavy atom. The molecular formula is C40H51N7O7. The van der Waals surface area contributed by atoms with Crippen molar-refractivity contribution in [3.05, 3.63) is 80.4 Å². The van der Waals surface area contributed by atoms with E-state index < -0.39 is 12.0 Å². The highest BCUT2D eigenvalue weighted by atomic mass is 16.3. The third-order valence-electron chi connectivity index (χ3n) is 11.9. The SMILES string of the molecule is CC(C)C1=C(O)CC(O)C(c2n[nH]c(=O)n2-c2ccc(CN3CCN(C(=O)NC4=CCCC5=C4C[C@@H](CCC4CCC(=O)NC4=O)CC5=O)CC3)cc2)C1. The van der Waals surface area contributed by atoms with Gasteiger partial charge in [0.25, 0.3) is 0 Å². The van der Waals surface area contributed by atoms with Gasteiger partial charge in [-0.2, -0.15) is 5.10 Å². The van der Waals surface area contributed by atoms with Gasteiger partial charge in [-0.05, 0) is 85.6 Å². The van der Waals surface area contributed by atoms with E-state index in [1.165, 1.54) is 4.57 Å². The molecule has 5 aliphatic rings. The number of Topliss-reactive ketones (excluding diaryl/α,β-unsaturated/α-hetero) is 1. The van der Waals surface area contributed by atoms with Crippen LogP contribution in [0.25, 0.3) is 5.69 Å². The van der Waals surface area contributed by atoms with Crippen LogP contribution >= 0.6 is 0 Å². The molecule has 4 atom stereocenters. The fraction of sp³-hybridized carbons (Fsp3) is 0.550. The van der Waals surface area contributed by atoms with E-state index in [1.54, 1.807) is 0 Å². The van der Waals surface area contributed by atoms with Gasteiger partial charge in [-0.15, -0.1) is 0 Å². The summed E-state index contributed by atoms with van der Waals surface area (Å²) < 4.78 is 1.50. The Hall–Kier alpha value is -4.82. The predicted molar refractivity (Wildman–Crippen MR) is 199 cm³/mol. The summed E-state index contributed by atoms with van der Waals surface area (Å²) in [6.07, 6.45) is 6.49. The lowest BCUT2D eigenvalue weighted by molar-refractivity contribution is -0.136. The third-order valence-corrected chi connectivity index (χ3v) is 11.9. The summed E-state index contributed by atoms with van der Waals surface area (Å²) in [4.78, 5) is 67.4. The summed E-state index contributed by atoms with van der Waals surface area (Å²) in [7, 11) is 0. The van der Waals surface area contributed by atoms with E-state index in [1.807, 2.05) is 49.1 Å². The van der Waals surface area contributed by atoms with E-state index in [0.717, 1.165) is 34.4 Å². The van der Waals surface area contributed by atoms with Crippen LogP contribution in [-0.4, -0.2) is 90.7 Å². The summed E-state index contributed by atoms with van der Waals surface area (Å²) in [5.74, 6) is -0.0857. The highest BCUT2D eigenvalue weighted by molar-refractivity contribution is 5.99. The minimum absolute atomic E-state index is 0.0934. The number of benzene rings is 1. The average molecular weight is 742 g/mol. The first-order valence-corrected chi connectivity index (χ1v) is 19.4. The largest absolute Gasteiger partial charge is 0.512 e. The van der Waals surface area contributed by atoms with Gasteiger partial charge in [-0.3, -0.25) is 24.6 Å². The Labute approximate surface area is 314 Å². The van der Waals surface area contributed by atoms with Crippen molar-refractivity contribution in [3.63, 3.8) is 0 Å². The van der Waals surface area contributed by atoms with Crippen LogP contribution in [0.1, 0.15) is 95.4 Å².